The molecule has 1 N–H and O–H groups in total. The third-order valence-electron chi connectivity index (χ3n) is 4.54. The monoisotopic (exact) mass is 323 g/mol. The predicted octanol–water partition coefficient (Wildman–Crippen LogP) is 2.13. The Bertz CT molecular complexity index is 938. The lowest BCUT2D eigenvalue weighted by molar-refractivity contribution is 0.239. The Morgan fingerprint density at radius 2 is 2.17 bits per heavy atom. The van der Waals surface area contributed by atoms with Crippen molar-refractivity contribution in [1.29, 1.82) is 0 Å². The first-order valence-corrected chi connectivity index (χ1v) is 8.30. The van der Waals surface area contributed by atoms with Crippen LogP contribution < -0.4 is 5.56 Å². The average molecular weight is 323 g/mol. The van der Waals surface area contributed by atoms with Crippen LogP contribution in [0.25, 0.3) is 11.0 Å². The first-order chi connectivity index (χ1) is 11.6. The van der Waals surface area contributed by atoms with E-state index in [4.69, 9.17) is 0 Å². The number of aryl methyl sites for hydroxylation is 2. The Morgan fingerprint density at radius 1 is 1.33 bits per heavy atom. The van der Waals surface area contributed by atoms with Crippen LogP contribution in [0.1, 0.15) is 29.8 Å². The first kappa shape index (κ1) is 15.1. The summed E-state index contributed by atoms with van der Waals surface area (Å²) in [7, 11) is 1.81. The summed E-state index contributed by atoms with van der Waals surface area (Å²) in [5.74, 6) is 0.704. The molecule has 6 nitrogen and oxygen atoms in total. The maximum Gasteiger partial charge on any atom is 0.262 e. The van der Waals surface area contributed by atoms with E-state index in [1.807, 2.05) is 7.05 Å². The molecule has 0 unspecified atom stereocenters. The Labute approximate surface area is 140 Å². The molecule has 1 aliphatic rings. The summed E-state index contributed by atoms with van der Waals surface area (Å²) >= 11 is 0. The molecule has 0 bridgehead atoms. The van der Waals surface area contributed by atoms with E-state index < -0.39 is 0 Å². The van der Waals surface area contributed by atoms with Crippen molar-refractivity contribution in [3.05, 3.63) is 57.8 Å². The zero-order valence-corrected chi connectivity index (χ0v) is 14.0. The van der Waals surface area contributed by atoms with Crippen molar-refractivity contribution >= 4 is 11.0 Å². The molecule has 24 heavy (non-hydrogen) atoms. The van der Waals surface area contributed by atoms with Gasteiger partial charge in [-0.15, -0.1) is 0 Å². The Balaban J connectivity index is 1.61. The van der Waals surface area contributed by atoms with Gasteiger partial charge in [-0.1, -0.05) is 29.8 Å². The lowest BCUT2D eigenvalue weighted by Gasteiger charge is -2.21. The van der Waals surface area contributed by atoms with E-state index >= 15 is 0 Å². The summed E-state index contributed by atoms with van der Waals surface area (Å²) in [5.41, 5.74) is 3.09. The second kappa shape index (κ2) is 5.87. The Kier molecular flexibility index (Phi) is 3.69. The molecule has 0 spiro atoms. The van der Waals surface area contributed by atoms with Crippen molar-refractivity contribution in [3.63, 3.8) is 0 Å². The fourth-order valence-electron chi connectivity index (χ4n) is 3.14. The van der Waals surface area contributed by atoms with Crippen molar-refractivity contribution in [2.75, 3.05) is 0 Å². The third-order valence-corrected chi connectivity index (χ3v) is 4.54. The van der Waals surface area contributed by atoms with Crippen molar-refractivity contribution in [2.45, 2.75) is 38.9 Å². The number of aromatic amines is 1. The van der Waals surface area contributed by atoms with Gasteiger partial charge in [0.2, 0.25) is 0 Å². The fourth-order valence-corrected chi connectivity index (χ4v) is 3.14. The number of rotatable bonds is 5. The molecule has 124 valence electrons. The minimum absolute atomic E-state index is 0.116. The molecule has 0 aliphatic heterocycles. The largest absolute Gasteiger partial charge is 0.309 e. The van der Waals surface area contributed by atoms with Gasteiger partial charge in [-0.05, 0) is 25.3 Å². The molecular weight excluding hydrogens is 302 g/mol. The van der Waals surface area contributed by atoms with Gasteiger partial charge in [-0.3, -0.25) is 14.4 Å². The molecule has 0 amide bonds. The molecule has 2 aromatic heterocycles. The van der Waals surface area contributed by atoms with E-state index in [1.165, 1.54) is 24.0 Å². The van der Waals surface area contributed by atoms with E-state index in [9.17, 15) is 4.79 Å². The Morgan fingerprint density at radius 3 is 2.92 bits per heavy atom. The number of H-pyrrole nitrogens is 1. The van der Waals surface area contributed by atoms with Gasteiger partial charge in [0.05, 0.1) is 12.7 Å². The van der Waals surface area contributed by atoms with Crippen LogP contribution in [0.15, 0.2) is 35.3 Å². The third kappa shape index (κ3) is 2.97. The van der Waals surface area contributed by atoms with Gasteiger partial charge < -0.3 is 4.98 Å². The van der Waals surface area contributed by atoms with Gasteiger partial charge in [-0.2, -0.15) is 5.10 Å². The van der Waals surface area contributed by atoms with E-state index in [-0.39, 0.29) is 5.56 Å². The van der Waals surface area contributed by atoms with Crippen molar-refractivity contribution in [1.82, 2.24) is 24.6 Å². The van der Waals surface area contributed by atoms with E-state index in [1.54, 1.807) is 10.9 Å². The average Bonchev–Trinajstić information content (AvgIpc) is 3.32. The van der Waals surface area contributed by atoms with Crippen LogP contribution in [0, 0.1) is 6.92 Å². The molecule has 1 aromatic carbocycles. The first-order valence-electron chi connectivity index (χ1n) is 8.30. The number of nitrogens with zero attached hydrogens (tertiary/aromatic N) is 4. The quantitative estimate of drug-likeness (QED) is 0.781. The molecular formula is C18H21N5O. The maximum absolute atomic E-state index is 12.2. The highest BCUT2D eigenvalue weighted by molar-refractivity contribution is 5.72. The number of benzene rings is 1. The number of nitrogens with one attached hydrogen (secondary N) is 1. The van der Waals surface area contributed by atoms with Crippen molar-refractivity contribution in [3.8, 4) is 0 Å². The highest BCUT2D eigenvalue weighted by Gasteiger charge is 2.29. The fraction of sp³-hybridized carbons (Fsp3) is 0.389. The van der Waals surface area contributed by atoms with Crippen LogP contribution in [0.3, 0.4) is 0 Å². The van der Waals surface area contributed by atoms with Crippen LogP contribution in [-0.2, 0) is 20.1 Å². The highest BCUT2D eigenvalue weighted by Crippen LogP contribution is 2.29. The second-order valence-electron chi connectivity index (χ2n) is 6.64. The molecule has 3 aromatic rings. The normalized spacial score (nSPS) is 14.6. The smallest absolute Gasteiger partial charge is 0.262 e. The van der Waals surface area contributed by atoms with Gasteiger partial charge in [-0.25, -0.2) is 4.98 Å². The Hall–Kier alpha value is -2.47. The van der Waals surface area contributed by atoms with Gasteiger partial charge >= 0.3 is 0 Å². The molecule has 2 heterocycles. The van der Waals surface area contributed by atoms with Gasteiger partial charge in [0.25, 0.3) is 5.56 Å². The van der Waals surface area contributed by atoms with E-state index in [0.29, 0.717) is 29.4 Å². The topological polar surface area (TPSA) is 66.8 Å². The summed E-state index contributed by atoms with van der Waals surface area (Å²) in [4.78, 5) is 22.1. The van der Waals surface area contributed by atoms with E-state index in [0.717, 1.165) is 6.54 Å². The number of fused-ring (bicyclic) bond motifs is 1. The van der Waals surface area contributed by atoms with Crippen molar-refractivity contribution < 1.29 is 0 Å². The highest BCUT2D eigenvalue weighted by atomic mass is 16.1. The molecule has 0 radical (unpaired) electrons. The van der Waals surface area contributed by atoms with Gasteiger partial charge in [0.1, 0.15) is 11.2 Å². The van der Waals surface area contributed by atoms with E-state index in [2.05, 4.69) is 51.2 Å². The van der Waals surface area contributed by atoms with Crippen LogP contribution in [0.2, 0.25) is 0 Å². The minimum atomic E-state index is -0.116. The SMILES string of the molecule is Cc1cccc(CN(Cc2nc3c(cnn3C)c(=O)[nH]2)C2CC2)c1. The zero-order chi connectivity index (χ0) is 16.7. The summed E-state index contributed by atoms with van der Waals surface area (Å²) in [6.07, 6.45) is 3.99. The lowest BCUT2D eigenvalue weighted by Crippen LogP contribution is -2.27. The molecule has 0 atom stereocenters. The number of aromatic nitrogens is 4. The maximum atomic E-state index is 12.2. The van der Waals surface area contributed by atoms with Gasteiger partial charge in [0, 0.05) is 19.6 Å². The molecule has 1 fully saturated rings. The standard InChI is InChI=1S/C18H21N5O/c1-12-4-3-5-13(8-12)10-23(14-6-7-14)11-16-20-17-15(18(24)21-16)9-19-22(17)2/h3-5,8-9,14H,6-7,10-11H2,1-2H3,(H,20,21,24). The number of hydrogen-bond donors (Lipinski definition) is 1. The van der Waals surface area contributed by atoms with Crippen LogP contribution in [0.5, 0.6) is 0 Å². The molecule has 1 saturated carbocycles. The summed E-state index contributed by atoms with van der Waals surface area (Å²) in [5, 5.41) is 4.66. The number of hydrogen-bond acceptors (Lipinski definition) is 4. The van der Waals surface area contributed by atoms with Crippen molar-refractivity contribution in [2.24, 2.45) is 7.05 Å². The van der Waals surface area contributed by atoms with Crippen LogP contribution >= 0.6 is 0 Å². The van der Waals surface area contributed by atoms with Crippen LogP contribution in [-0.4, -0.2) is 30.7 Å². The molecule has 0 saturated heterocycles. The summed E-state index contributed by atoms with van der Waals surface area (Å²) in [6.45, 7) is 3.63. The zero-order valence-electron chi connectivity index (χ0n) is 14.0. The summed E-state index contributed by atoms with van der Waals surface area (Å²) < 4.78 is 1.65. The molecule has 4 rings (SSSR count). The molecule has 6 heteroatoms. The molecule has 1 aliphatic carbocycles. The lowest BCUT2D eigenvalue weighted by atomic mass is 10.1. The van der Waals surface area contributed by atoms with Crippen LogP contribution in [0.4, 0.5) is 0 Å². The minimum Gasteiger partial charge on any atom is -0.309 e. The second-order valence-corrected chi connectivity index (χ2v) is 6.64. The predicted molar refractivity (Wildman–Crippen MR) is 92.6 cm³/mol. The summed E-state index contributed by atoms with van der Waals surface area (Å²) in [6, 6.07) is 9.16. The van der Waals surface area contributed by atoms with Gasteiger partial charge in [0.15, 0.2) is 5.65 Å².